The van der Waals surface area contributed by atoms with Gasteiger partial charge >= 0.3 is 0 Å². The number of anilines is 1. The van der Waals surface area contributed by atoms with E-state index in [1.54, 1.807) is 6.33 Å². The molecule has 1 aromatic carbocycles. The number of nitrogens with one attached hydrogen (secondary N) is 1. The normalized spacial score (nSPS) is 21.6. The second-order valence-corrected chi connectivity index (χ2v) is 5.30. The van der Waals surface area contributed by atoms with Crippen LogP contribution in [0.1, 0.15) is 18.4 Å². The van der Waals surface area contributed by atoms with E-state index in [-0.39, 0.29) is 12.0 Å². The van der Waals surface area contributed by atoms with Crippen molar-refractivity contribution in [3.63, 3.8) is 0 Å². The number of fused-ring (bicyclic) bond motifs is 1. The highest BCUT2D eigenvalue weighted by atomic mass is 16.5. The highest BCUT2D eigenvalue weighted by Gasteiger charge is 2.28. The quantitative estimate of drug-likeness (QED) is 0.886. The molecule has 6 heteroatoms. The number of nitrogens with two attached hydrogens (primary N) is 1. The van der Waals surface area contributed by atoms with Crippen LogP contribution in [0.3, 0.4) is 0 Å². The third-order valence-corrected chi connectivity index (χ3v) is 3.79. The van der Waals surface area contributed by atoms with Gasteiger partial charge in [-0.2, -0.15) is 0 Å². The highest BCUT2D eigenvalue weighted by molar-refractivity contribution is 5.91. The molecule has 1 aliphatic rings. The van der Waals surface area contributed by atoms with Crippen molar-refractivity contribution in [3.8, 4) is 0 Å². The summed E-state index contributed by atoms with van der Waals surface area (Å²) in [7, 11) is 0. The Morgan fingerprint density at radius 3 is 3.05 bits per heavy atom. The summed E-state index contributed by atoms with van der Waals surface area (Å²) in [6, 6.07) is 5.97. The minimum absolute atomic E-state index is 0.0171. The van der Waals surface area contributed by atoms with E-state index < -0.39 is 6.10 Å². The van der Waals surface area contributed by atoms with E-state index in [1.807, 2.05) is 25.1 Å². The zero-order chi connectivity index (χ0) is 14.8. The van der Waals surface area contributed by atoms with E-state index in [0.717, 1.165) is 28.7 Å². The van der Waals surface area contributed by atoms with E-state index in [4.69, 9.17) is 10.5 Å². The van der Waals surface area contributed by atoms with Crippen molar-refractivity contribution < 1.29 is 9.53 Å². The Kier molecular flexibility index (Phi) is 3.70. The van der Waals surface area contributed by atoms with Crippen LogP contribution in [0.4, 0.5) is 5.82 Å². The molecule has 3 N–H and O–H groups in total. The average molecular weight is 286 g/mol. The molecule has 3 rings (SSSR count). The molecule has 2 aromatic rings. The number of hydrogen-bond donors (Lipinski definition) is 2. The second kappa shape index (κ2) is 5.65. The van der Waals surface area contributed by atoms with E-state index in [0.29, 0.717) is 13.0 Å². The average Bonchev–Trinajstić information content (AvgIpc) is 2.94. The fraction of sp³-hybridized carbons (Fsp3) is 0.400. The number of rotatable bonds is 4. The van der Waals surface area contributed by atoms with Crippen LogP contribution in [0.25, 0.3) is 10.9 Å². The molecule has 0 radical (unpaired) electrons. The van der Waals surface area contributed by atoms with Gasteiger partial charge in [0.1, 0.15) is 18.2 Å². The van der Waals surface area contributed by atoms with Gasteiger partial charge in [-0.25, -0.2) is 9.97 Å². The molecule has 110 valence electrons. The molecule has 0 spiro atoms. The van der Waals surface area contributed by atoms with Crippen molar-refractivity contribution in [1.29, 1.82) is 0 Å². The number of aromatic nitrogens is 2. The Bertz CT molecular complexity index is 669. The number of carbonyl (C=O) groups excluding carboxylic acids is 1. The lowest BCUT2D eigenvalue weighted by Crippen LogP contribution is -2.30. The van der Waals surface area contributed by atoms with Gasteiger partial charge in [0.15, 0.2) is 0 Å². The molecule has 2 unspecified atom stereocenters. The number of amides is 1. The molecule has 21 heavy (non-hydrogen) atoms. The van der Waals surface area contributed by atoms with Gasteiger partial charge in [-0.1, -0.05) is 12.1 Å². The van der Waals surface area contributed by atoms with E-state index in [2.05, 4.69) is 15.3 Å². The summed E-state index contributed by atoms with van der Waals surface area (Å²) in [4.78, 5) is 19.7. The minimum atomic E-state index is -0.458. The van der Waals surface area contributed by atoms with Crippen LogP contribution in [-0.2, 0) is 9.53 Å². The maximum atomic E-state index is 11.1. The first-order valence-corrected chi connectivity index (χ1v) is 7.04. The maximum Gasteiger partial charge on any atom is 0.246 e. The van der Waals surface area contributed by atoms with Crippen LogP contribution in [-0.4, -0.2) is 34.6 Å². The lowest BCUT2D eigenvalue weighted by molar-refractivity contribution is -0.128. The Hall–Kier alpha value is -2.21. The van der Waals surface area contributed by atoms with Crippen LogP contribution in [0.5, 0.6) is 0 Å². The van der Waals surface area contributed by atoms with E-state index in [9.17, 15) is 4.79 Å². The number of benzene rings is 1. The van der Waals surface area contributed by atoms with Crippen molar-refractivity contribution in [3.05, 3.63) is 30.1 Å². The van der Waals surface area contributed by atoms with Gasteiger partial charge < -0.3 is 15.8 Å². The minimum Gasteiger partial charge on any atom is -0.367 e. The molecule has 1 aromatic heterocycles. The zero-order valence-corrected chi connectivity index (χ0v) is 11.9. The summed E-state index contributed by atoms with van der Waals surface area (Å²) in [5.74, 6) is 0.407. The summed E-state index contributed by atoms with van der Waals surface area (Å²) < 4.78 is 5.61. The summed E-state index contributed by atoms with van der Waals surface area (Å²) in [5, 5.41) is 4.32. The molecule has 0 aliphatic carbocycles. The van der Waals surface area contributed by atoms with Crippen molar-refractivity contribution >= 4 is 22.6 Å². The lowest BCUT2D eigenvalue weighted by atomic mass is 10.1. The molecule has 0 saturated carbocycles. The molecule has 6 nitrogen and oxygen atoms in total. The molecule has 0 bridgehead atoms. The molecule has 1 aliphatic heterocycles. The smallest absolute Gasteiger partial charge is 0.246 e. The Labute approximate surface area is 122 Å². The van der Waals surface area contributed by atoms with Gasteiger partial charge in [0.25, 0.3) is 0 Å². The van der Waals surface area contributed by atoms with Crippen molar-refractivity contribution in [2.24, 2.45) is 5.73 Å². The first-order chi connectivity index (χ1) is 10.1. The van der Waals surface area contributed by atoms with Gasteiger partial charge in [0, 0.05) is 11.9 Å². The third-order valence-electron chi connectivity index (χ3n) is 3.79. The first-order valence-electron chi connectivity index (χ1n) is 7.04. The van der Waals surface area contributed by atoms with E-state index in [1.165, 1.54) is 0 Å². The molecular formula is C15H18N4O2. The number of aryl methyl sites for hydroxylation is 1. The van der Waals surface area contributed by atoms with Crippen LogP contribution >= 0.6 is 0 Å². The van der Waals surface area contributed by atoms with Gasteiger partial charge in [-0.05, 0) is 31.4 Å². The zero-order valence-electron chi connectivity index (χ0n) is 11.9. The monoisotopic (exact) mass is 286 g/mol. The maximum absolute atomic E-state index is 11.1. The standard InChI is InChI=1S/C15H18N4O2/c1-9-3-2-4-11-13(9)15(19-8-18-11)17-7-10-5-6-12(21-10)14(16)20/h2-4,8,10,12H,5-7H2,1H3,(H2,16,20)(H,17,18,19). The van der Waals surface area contributed by atoms with Crippen LogP contribution in [0, 0.1) is 6.92 Å². The first kappa shape index (κ1) is 13.8. The number of primary amides is 1. The largest absolute Gasteiger partial charge is 0.367 e. The summed E-state index contributed by atoms with van der Waals surface area (Å²) in [6.45, 7) is 2.64. The van der Waals surface area contributed by atoms with Gasteiger partial charge in [-0.15, -0.1) is 0 Å². The SMILES string of the molecule is Cc1cccc2ncnc(NCC3CCC(C(N)=O)O3)c12. The predicted octanol–water partition coefficient (Wildman–Crippen LogP) is 1.38. The van der Waals surface area contributed by atoms with Crippen molar-refractivity contribution in [2.75, 3.05) is 11.9 Å². The fourth-order valence-electron chi connectivity index (χ4n) is 2.69. The fourth-order valence-corrected chi connectivity index (χ4v) is 2.69. The summed E-state index contributed by atoms with van der Waals surface area (Å²) >= 11 is 0. The molecule has 1 amide bonds. The Balaban J connectivity index is 1.73. The topological polar surface area (TPSA) is 90.1 Å². The van der Waals surface area contributed by atoms with Gasteiger partial charge in [0.2, 0.25) is 5.91 Å². The molecule has 1 saturated heterocycles. The predicted molar refractivity (Wildman–Crippen MR) is 79.9 cm³/mol. The second-order valence-electron chi connectivity index (χ2n) is 5.30. The number of ether oxygens (including phenoxy) is 1. The number of hydrogen-bond acceptors (Lipinski definition) is 5. The Morgan fingerprint density at radius 1 is 1.43 bits per heavy atom. The number of carbonyl (C=O) groups is 1. The van der Waals surface area contributed by atoms with Gasteiger partial charge in [-0.3, -0.25) is 4.79 Å². The van der Waals surface area contributed by atoms with Crippen LogP contribution < -0.4 is 11.1 Å². The van der Waals surface area contributed by atoms with Crippen LogP contribution in [0.15, 0.2) is 24.5 Å². The molecule has 2 atom stereocenters. The van der Waals surface area contributed by atoms with Crippen molar-refractivity contribution in [2.45, 2.75) is 32.0 Å². The molecule has 1 fully saturated rings. The molecular weight excluding hydrogens is 268 g/mol. The molecule has 2 heterocycles. The number of nitrogens with zero attached hydrogens (tertiary/aromatic N) is 2. The van der Waals surface area contributed by atoms with Crippen LogP contribution in [0.2, 0.25) is 0 Å². The van der Waals surface area contributed by atoms with Gasteiger partial charge in [0.05, 0.1) is 11.6 Å². The van der Waals surface area contributed by atoms with Crippen molar-refractivity contribution in [1.82, 2.24) is 9.97 Å². The highest BCUT2D eigenvalue weighted by Crippen LogP contribution is 2.24. The summed E-state index contributed by atoms with van der Waals surface area (Å²) in [5.41, 5.74) is 7.29. The lowest BCUT2D eigenvalue weighted by Gasteiger charge is -2.14. The third kappa shape index (κ3) is 2.80. The summed E-state index contributed by atoms with van der Waals surface area (Å²) in [6.07, 6.45) is 2.58. The Morgan fingerprint density at radius 2 is 2.29 bits per heavy atom. The van der Waals surface area contributed by atoms with E-state index >= 15 is 0 Å².